The Morgan fingerprint density at radius 3 is 3.10 bits per heavy atom. The molecule has 0 radical (unpaired) electrons. The third-order valence-electron chi connectivity index (χ3n) is 4.71. The molecule has 116 valence electrons. The molecule has 1 aliphatic carbocycles. The van der Waals surface area contributed by atoms with Crippen molar-refractivity contribution in [3.63, 3.8) is 0 Å². The largest absolute Gasteiger partial charge is 0.384 e. The number of ether oxygens (including phenoxy) is 1. The first-order valence-electron chi connectivity index (χ1n) is 7.84. The van der Waals surface area contributed by atoms with E-state index in [0.29, 0.717) is 30.6 Å². The summed E-state index contributed by atoms with van der Waals surface area (Å²) in [5, 5.41) is 3.62. The lowest BCUT2D eigenvalue weighted by atomic mass is 10.1. The summed E-state index contributed by atoms with van der Waals surface area (Å²) in [5.41, 5.74) is 5.70. The summed E-state index contributed by atoms with van der Waals surface area (Å²) < 4.78 is 5.48. The number of nitrogens with zero attached hydrogens (tertiary/aromatic N) is 3. The Balaban J connectivity index is 1.55. The predicted molar refractivity (Wildman–Crippen MR) is 81.7 cm³/mol. The van der Waals surface area contributed by atoms with E-state index >= 15 is 0 Å². The van der Waals surface area contributed by atoms with Crippen LogP contribution in [0.5, 0.6) is 0 Å². The Bertz CT molecular complexity index is 469. The van der Waals surface area contributed by atoms with Crippen LogP contribution in [-0.4, -0.2) is 53.3 Å². The van der Waals surface area contributed by atoms with E-state index < -0.39 is 0 Å². The van der Waals surface area contributed by atoms with Gasteiger partial charge in [0.1, 0.15) is 11.6 Å². The Hall–Kier alpha value is -1.24. The minimum Gasteiger partial charge on any atom is -0.384 e. The van der Waals surface area contributed by atoms with E-state index in [4.69, 9.17) is 10.5 Å². The molecule has 3 rings (SSSR count). The summed E-state index contributed by atoms with van der Waals surface area (Å²) in [5.74, 6) is 1.31. The summed E-state index contributed by atoms with van der Waals surface area (Å²) in [6.45, 7) is 2.90. The molecule has 3 atom stereocenters. The highest BCUT2D eigenvalue weighted by Crippen LogP contribution is 2.28. The fraction of sp³-hybridized carbons (Fsp3) is 0.733. The van der Waals surface area contributed by atoms with Crippen molar-refractivity contribution in [2.45, 2.75) is 50.4 Å². The maximum absolute atomic E-state index is 5.70. The van der Waals surface area contributed by atoms with Crippen LogP contribution < -0.4 is 11.1 Å². The van der Waals surface area contributed by atoms with Crippen molar-refractivity contribution in [1.29, 1.82) is 0 Å². The Morgan fingerprint density at radius 2 is 2.33 bits per heavy atom. The molecule has 2 aliphatic rings. The topological polar surface area (TPSA) is 76.3 Å². The number of hydrogen-bond acceptors (Lipinski definition) is 6. The molecule has 3 N–H and O–H groups in total. The monoisotopic (exact) mass is 291 g/mol. The molecule has 1 saturated heterocycles. The third kappa shape index (κ3) is 3.51. The van der Waals surface area contributed by atoms with Crippen molar-refractivity contribution in [2.75, 3.05) is 25.9 Å². The molecule has 1 aliphatic heterocycles. The predicted octanol–water partition coefficient (Wildman–Crippen LogP) is 0.790. The second kappa shape index (κ2) is 6.68. The SMILES string of the molecule is COC1CCN([C@H]2CCC[C@H]2NCc2nccc(N)n2)C1. The maximum atomic E-state index is 5.70. The lowest BCUT2D eigenvalue weighted by Gasteiger charge is -2.30. The van der Waals surface area contributed by atoms with Gasteiger partial charge in [0, 0.05) is 38.5 Å². The van der Waals surface area contributed by atoms with Crippen LogP contribution >= 0.6 is 0 Å². The number of rotatable bonds is 5. The summed E-state index contributed by atoms with van der Waals surface area (Å²) >= 11 is 0. The van der Waals surface area contributed by atoms with Gasteiger partial charge in [0.2, 0.25) is 0 Å². The lowest BCUT2D eigenvalue weighted by Crippen LogP contribution is -2.46. The highest BCUT2D eigenvalue weighted by Gasteiger charge is 2.35. The zero-order chi connectivity index (χ0) is 14.7. The minimum atomic E-state index is 0.406. The maximum Gasteiger partial charge on any atom is 0.144 e. The van der Waals surface area contributed by atoms with E-state index in [0.717, 1.165) is 25.3 Å². The molecule has 1 aromatic heterocycles. The summed E-state index contributed by atoms with van der Waals surface area (Å²) in [6.07, 6.45) is 7.05. The molecule has 0 amide bonds. The van der Waals surface area contributed by atoms with Crippen molar-refractivity contribution >= 4 is 5.82 Å². The van der Waals surface area contributed by atoms with Crippen LogP contribution in [-0.2, 0) is 11.3 Å². The van der Waals surface area contributed by atoms with Gasteiger partial charge in [-0.25, -0.2) is 9.97 Å². The number of methoxy groups -OCH3 is 1. The molecule has 1 aromatic rings. The van der Waals surface area contributed by atoms with Gasteiger partial charge in [-0.15, -0.1) is 0 Å². The van der Waals surface area contributed by atoms with Crippen LogP contribution in [0.2, 0.25) is 0 Å². The van der Waals surface area contributed by atoms with Gasteiger partial charge < -0.3 is 15.8 Å². The molecule has 2 heterocycles. The number of anilines is 1. The number of nitrogens with one attached hydrogen (secondary N) is 1. The van der Waals surface area contributed by atoms with Crippen LogP contribution in [0.4, 0.5) is 5.82 Å². The van der Waals surface area contributed by atoms with Gasteiger partial charge in [0.05, 0.1) is 12.6 Å². The second-order valence-corrected chi connectivity index (χ2v) is 6.02. The first-order chi connectivity index (χ1) is 10.3. The third-order valence-corrected chi connectivity index (χ3v) is 4.71. The molecule has 1 saturated carbocycles. The van der Waals surface area contributed by atoms with Gasteiger partial charge in [0.15, 0.2) is 0 Å². The van der Waals surface area contributed by atoms with E-state index in [-0.39, 0.29) is 0 Å². The van der Waals surface area contributed by atoms with Crippen LogP contribution in [0, 0.1) is 0 Å². The first kappa shape index (κ1) is 14.7. The Morgan fingerprint density at radius 1 is 1.43 bits per heavy atom. The zero-order valence-corrected chi connectivity index (χ0v) is 12.7. The summed E-state index contributed by atoms with van der Waals surface area (Å²) in [7, 11) is 1.82. The molecule has 1 unspecified atom stereocenters. The molecule has 0 spiro atoms. The Kier molecular flexibility index (Phi) is 4.67. The van der Waals surface area contributed by atoms with Crippen LogP contribution in [0.25, 0.3) is 0 Å². The standard InChI is InChI=1S/C15H25N5O/c1-21-11-6-8-20(10-11)13-4-2-3-12(13)18-9-15-17-7-5-14(16)19-15/h5,7,11-13,18H,2-4,6,8-10H2,1H3,(H2,16,17,19)/t11?,12-,13+/m1/s1. The number of nitrogens with two attached hydrogens (primary N) is 1. The van der Waals surface area contributed by atoms with Crippen molar-refractivity contribution in [3.8, 4) is 0 Å². The summed E-state index contributed by atoms with van der Waals surface area (Å²) in [4.78, 5) is 11.1. The van der Waals surface area contributed by atoms with E-state index in [1.807, 2.05) is 7.11 Å². The van der Waals surface area contributed by atoms with Crippen LogP contribution in [0.15, 0.2) is 12.3 Å². The molecule has 21 heavy (non-hydrogen) atoms. The van der Waals surface area contributed by atoms with E-state index in [2.05, 4.69) is 20.2 Å². The van der Waals surface area contributed by atoms with E-state index in [1.165, 1.54) is 19.3 Å². The number of nitrogen functional groups attached to an aromatic ring is 1. The van der Waals surface area contributed by atoms with Crippen molar-refractivity contribution < 1.29 is 4.74 Å². The van der Waals surface area contributed by atoms with Crippen molar-refractivity contribution in [2.24, 2.45) is 0 Å². The Labute approximate surface area is 126 Å². The van der Waals surface area contributed by atoms with Gasteiger partial charge >= 0.3 is 0 Å². The first-order valence-corrected chi connectivity index (χ1v) is 7.84. The molecule has 6 heteroatoms. The minimum absolute atomic E-state index is 0.406. The van der Waals surface area contributed by atoms with E-state index in [1.54, 1.807) is 12.3 Å². The van der Waals surface area contributed by atoms with Gasteiger partial charge in [-0.1, -0.05) is 6.42 Å². The number of likely N-dealkylation sites (tertiary alicyclic amines) is 1. The van der Waals surface area contributed by atoms with Gasteiger partial charge in [-0.2, -0.15) is 0 Å². The zero-order valence-electron chi connectivity index (χ0n) is 12.7. The number of hydrogen-bond donors (Lipinski definition) is 2. The quantitative estimate of drug-likeness (QED) is 0.835. The molecule has 0 aromatic carbocycles. The summed E-state index contributed by atoms with van der Waals surface area (Å²) in [6, 6.07) is 2.86. The molecular formula is C15H25N5O. The smallest absolute Gasteiger partial charge is 0.144 e. The normalized spacial score (nSPS) is 30.0. The van der Waals surface area contributed by atoms with Gasteiger partial charge in [-0.05, 0) is 25.3 Å². The van der Waals surface area contributed by atoms with Crippen LogP contribution in [0.3, 0.4) is 0 Å². The molecule has 0 bridgehead atoms. The molecular weight excluding hydrogens is 266 g/mol. The van der Waals surface area contributed by atoms with Crippen LogP contribution in [0.1, 0.15) is 31.5 Å². The fourth-order valence-corrected chi connectivity index (χ4v) is 3.59. The molecule has 6 nitrogen and oxygen atoms in total. The molecule has 2 fully saturated rings. The highest BCUT2D eigenvalue weighted by atomic mass is 16.5. The average Bonchev–Trinajstić information content (AvgIpc) is 3.13. The second-order valence-electron chi connectivity index (χ2n) is 6.02. The fourth-order valence-electron chi connectivity index (χ4n) is 3.59. The van der Waals surface area contributed by atoms with E-state index in [9.17, 15) is 0 Å². The van der Waals surface area contributed by atoms with Crippen molar-refractivity contribution in [1.82, 2.24) is 20.2 Å². The van der Waals surface area contributed by atoms with Crippen molar-refractivity contribution in [3.05, 3.63) is 18.1 Å². The average molecular weight is 291 g/mol. The highest BCUT2D eigenvalue weighted by molar-refractivity contribution is 5.24. The van der Waals surface area contributed by atoms with Gasteiger partial charge in [0.25, 0.3) is 0 Å². The lowest BCUT2D eigenvalue weighted by molar-refractivity contribution is 0.0979. The number of aromatic nitrogens is 2. The van der Waals surface area contributed by atoms with Gasteiger partial charge in [-0.3, -0.25) is 4.90 Å².